The van der Waals surface area contributed by atoms with Gasteiger partial charge in [0.05, 0.1) is 0 Å². The van der Waals surface area contributed by atoms with Crippen LogP contribution in [0.1, 0.15) is 5.82 Å². The number of hydrogen-bond acceptors (Lipinski definition) is 1. The van der Waals surface area contributed by atoms with Gasteiger partial charge in [0.25, 0.3) is 0 Å². The minimum Gasteiger partial charge on any atom is -0.348 e. The molecular formula is C9H11N2. The third-order valence-corrected chi connectivity index (χ3v) is 1.25. The minimum absolute atomic E-state index is 0.845. The van der Waals surface area contributed by atoms with Crippen LogP contribution in [0.3, 0.4) is 0 Å². The summed E-state index contributed by atoms with van der Waals surface area (Å²) in [6, 6.07) is 0. The number of H-pyrrole nitrogens is 1. The lowest BCUT2D eigenvalue weighted by molar-refractivity contribution is 1.06. The van der Waals surface area contributed by atoms with Crippen molar-refractivity contribution in [1.29, 1.82) is 0 Å². The molecule has 0 aliphatic carbocycles. The molecule has 0 saturated carbocycles. The van der Waals surface area contributed by atoms with Gasteiger partial charge in [0.15, 0.2) is 0 Å². The van der Waals surface area contributed by atoms with Gasteiger partial charge in [0, 0.05) is 18.8 Å². The number of nitrogens with zero attached hydrogens (tertiary/aromatic N) is 1. The van der Waals surface area contributed by atoms with Gasteiger partial charge in [-0.1, -0.05) is 24.3 Å². The molecule has 2 heteroatoms. The Kier molecular flexibility index (Phi) is 3.19. The molecule has 0 saturated heterocycles. The maximum absolute atomic E-state index is 4.07. The van der Waals surface area contributed by atoms with Gasteiger partial charge in [-0.15, -0.1) is 0 Å². The summed E-state index contributed by atoms with van der Waals surface area (Å²) in [6.07, 6.45) is 12.0. The van der Waals surface area contributed by atoms with Gasteiger partial charge in [0.2, 0.25) is 0 Å². The van der Waals surface area contributed by atoms with Gasteiger partial charge in [-0.3, -0.25) is 0 Å². The second kappa shape index (κ2) is 4.50. The van der Waals surface area contributed by atoms with E-state index >= 15 is 0 Å². The van der Waals surface area contributed by atoms with Crippen LogP contribution in [-0.4, -0.2) is 9.97 Å². The molecule has 1 radical (unpaired) electrons. The number of allylic oxidation sites excluding steroid dienone is 4. The second-order valence-electron chi connectivity index (χ2n) is 2.10. The van der Waals surface area contributed by atoms with E-state index < -0.39 is 0 Å². The molecule has 0 bridgehead atoms. The van der Waals surface area contributed by atoms with Crippen molar-refractivity contribution in [1.82, 2.24) is 9.97 Å². The quantitative estimate of drug-likeness (QED) is 0.650. The zero-order chi connectivity index (χ0) is 7.94. The fourth-order valence-corrected chi connectivity index (χ4v) is 0.746. The lowest BCUT2D eigenvalue weighted by Crippen LogP contribution is -1.81. The standard InChI is InChI=1S/C9H11N2/c1-2-3-4-5-6-9-10-7-8-11-9/h2-5,7-8H,1,6H2,(H,10,11). The number of imidazole rings is 1. The SMILES string of the molecule is [CH2]C=CC=CCc1ncc[nH]1. The van der Waals surface area contributed by atoms with E-state index in [9.17, 15) is 0 Å². The zero-order valence-electron chi connectivity index (χ0n) is 6.33. The van der Waals surface area contributed by atoms with Crippen molar-refractivity contribution < 1.29 is 0 Å². The average Bonchev–Trinajstić information content (AvgIpc) is 2.50. The van der Waals surface area contributed by atoms with Crippen molar-refractivity contribution in [3.05, 3.63) is 49.4 Å². The van der Waals surface area contributed by atoms with E-state index in [4.69, 9.17) is 0 Å². The van der Waals surface area contributed by atoms with E-state index in [1.54, 1.807) is 12.3 Å². The van der Waals surface area contributed by atoms with Crippen LogP contribution in [0.25, 0.3) is 0 Å². The van der Waals surface area contributed by atoms with E-state index in [0.717, 1.165) is 12.2 Å². The Morgan fingerprint density at radius 2 is 2.45 bits per heavy atom. The summed E-state index contributed by atoms with van der Waals surface area (Å²) in [4.78, 5) is 7.08. The monoisotopic (exact) mass is 147 g/mol. The van der Waals surface area contributed by atoms with Crippen LogP contribution in [0.2, 0.25) is 0 Å². The van der Waals surface area contributed by atoms with Crippen molar-refractivity contribution in [2.75, 3.05) is 0 Å². The van der Waals surface area contributed by atoms with Crippen LogP contribution in [0.5, 0.6) is 0 Å². The third-order valence-electron chi connectivity index (χ3n) is 1.25. The van der Waals surface area contributed by atoms with E-state index in [-0.39, 0.29) is 0 Å². The molecule has 11 heavy (non-hydrogen) atoms. The molecule has 0 fully saturated rings. The van der Waals surface area contributed by atoms with Crippen molar-refractivity contribution in [3.8, 4) is 0 Å². The first kappa shape index (κ1) is 7.79. The number of aromatic nitrogens is 2. The molecule has 2 nitrogen and oxygen atoms in total. The van der Waals surface area contributed by atoms with Crippen LogP contribution in [0.4, 0.5) is 0 Å². The Labute approximate surface area is 66.7 Å². The maximum Gasteiger partial charge on any atom is 0.109 e. The number of nitrogens with one attached hydrogen (secondary N) is 1. The van der Waals surface area contributed by atoms with Gasteiger partial charge >= 0.3 is 0 Å². The Morgan fingerprint density at radius 1 is 1.55 bits per heavy atom. The summed E-state index contributed by atoms with van der Waals surface area (Å²) in [5.74, 6) is 0.985. The van der Waals surface area contributed by atoms with E-state index in [1.165, 1.54) is 0 Å². The number of rotatable bonds is 3. The molecule has 0 amide bonds. The first-order chi connectivity index (χ1) is 5.43. The van der Waals surface area contributed by atoms with Crippen LogP contribution in [-0.2, 0) is 6.42 Å². The van der Waals surface area contributed by atoms with Crippen LogP contribution < -0.4 is 0 Å². The first-order valence-electron chi connectivity index (χ1n) is 3.52. The first-order valence-corrected chi connectivity index (χ1v) is 3.52. The van der Waals surface area contributed by atoms with Crippen LogP contribution in [0, 0.1) is 6.92 Å². The fraction of sp³-hybridized carbons (Fsp3) is 0.111. The predicted molar refractivity (Wildman–Crippen MR) is 45.9 cm³/mol. The third kappa shape index (κ3) is 2.85. The normalized spacial score (nSPS) is 11.7. The van der Waals surface area contributed by atoms with E-state index in [2.05, 4.69) is 16.9 Å². The van der Waals surface area contributed by atoms with Gasteiger partial charge in [-0.05, 0) is 6.92 Å². The Morgan fingerprint density at radius 3 is 3.09 bits per heavy atom. The molecule has 0 aliphatic rings. The smallest absolute Gasteiger partial charge is 0.109 e. The molecule has 1 heterocycles. The number of hydrogen-bond donors (Lipinski definition) is 1. The summed E-state index contributed by atoms with van der Waals surface area (Å²) >= 11 is 0. The number of aromatic amines is 1. The summed E-state index contributed by atoms with van der Waals surface area (Å²) in [5.41, 5.74) is 0. The fourth-order valence-electron chi connectivity index (χ4n) is 0.746. The Hall–Kier alpha value is -1.31. The predicted octanol–water partition coefficient (Wildman–Crippen LogP) is 1.90. The van der Waals surface area contributed by atoms with E-state index in [0.29, 0.717) is 0 Å². The second-order valence-corrected chi connectivity index (χ2v) is 2.10. The van der Waals surface area contributed by atoms with Crippen molar-refractivity contribution in [2.45, 2.75) is 6.42 Å². The molecule has 57 valence electrons. The Bertz CT molecular complexity index is 232. The molecule has 1 N–H and O–H groups in total. The molecule has 0 atom stereocenters. The molecular weight excluding hydrogens is 136 g/mol. The van der Waals surface area contributed by atoms with Crippen molar-refractivity contribution >= 4 is 0 Å². The summed E-state index contributed by atoms with van der Waals surface area (Å²) in [6.45, 7) is 3.56. The summed E-state index contributed by atoms with van der Waals surface area (Å²) in [5, 5.41) is 0. The summed E-state index contributed by atoms with van der Waals surface area (Å²) in [7, 11) is 0. The largest absolute Gasteiger partial charge is 0.348 e. The molecule has 0 unspecified atom stereocenters. The Balaban J connectivity index is 2.34. The summed E-state index contributed by atoms with van der Waals surface area (Å²) < 4.78 is 0. The van der Waals surface area contributed by atoms with Gasteiger partial charge in [0.1, 0.15) is 5.82 Å². The molecule has 1 aromatic rings. The van der Waals surface area contributed by atoms with Gasteiger partial charge in [-0.25, -0.2) is 4.98 Å². The highest BCUT2D eigenvalue weighted by Crippen LogP contribution is 1.90. The highest BCUT2D eigenvalue weighted by molar-refractivity contribution is 5.06. The molecule has 0 spiro atoms. The lowest BCUT2D eigenvalue weighted by Gasteiger charge is -1.84. The molecule has 0 aliphatic heterocycles. The van der Waals surface area contributed by atoms with Gasteiger partial charge in [-0.2, -0.15) is 0 Å². The minimum atomic E-state index is 0.845. The van der Waals surface area contributed by atoms with Gasteiger partial charge < -0.3 is 4.98 Å². The topological polar surface area (TPSA) is 28.7 Å². The average molecular weight is 147 g/mol. The maximum atomic E-state index is 4.07. The molecule has 1 rings (SSSR count). The highest BCUT2D eigenvalue weighted by Gasteiger charge is 1.86. The lowest BCUT2D eigenvalue weighted by atomic mass is 10.3. The molecule has 1 aromatic heterocycles. The van der Waals surface area contributed by atoms with Crippen molar-refractivity contribution in [2.24, 2.45) is 0 Å². The van der Waals surface area contributed by atoms with E-state index in [1.807, 2.05) is 24.4 Å². The highest BCUT2D eigenvalue weighted by atomic mass is 14.9. The van der Waals surface area contributed by atoms with Crippen LogP contribution >= 0.6 is 0 Å². The van der Waals surface area contributed by atoms with Crippen molar-refractivity contribution in [3.63, 3.8) is 0 Å². The molecule has 0 aromatic carbocycles. The zero-order valence-corrected chi connectivity index (χ0v) is 6.33. The van der Waals surface area contributed by atoms with Crippen LogP contribution in [0.15, 0.2) is 36.7 Å².